The molecule has 3 aromatic carbocycles. The van der Waals surface area contributed by atoms with Gasteiger partial charge in [0.05, 0.1) is 26.4 Å². The third kappa shape index (κ3) is 10.3. The van der Waals surface area contributed by atoms with Crippen LogP contribution in [0.25, 0.3) is 21.9 Å². The van der Waals surface area contributed by atoms with Gasteiger partial charge in [-0.15, -0.1) is 0 Å². The highest BCUT2D eigenvalue weighted by molar-refractivity contribution is 6.10. The Labute approximate surface area is 322 Å². The van der Waals surface area contributed by atoms with E-state index in [1.54, 1.807) is 71.5 Å². The summed E-state index contributed by atoms with van der Waals surface area (Å²) in [4.78, 5) is 50.2. The van der Waals surface area contributed by atoms with Gasteiger partial charge in [0.2, 0.25) is 5.88 Å². The summed E-state index contributed by atoms with van der Waals surface area (Å²) >= 11 is 0. The lowest BCUT2D eigenvalue weighted by Crippen LogP contribution is -2.32. The highest BCUT2D eigenvalue weighted by Gasteiger charge is 2.26. The molecule has 0 bridgehead atoms. The average molecular weight is 748 g/mol. The molecular formula is C43H49N5O7. The van der Waals surface area contributed by atoms with Crippen molar-refractivity contribution in [2.24, 2.45) is 5.41 Å². The molecule has 0 aliphatic rings. The Hall–Kier alpha value is -6.17. The molecule has 0 aliphatic heterocycles. The number of fused-ring (bicyclic) bond motifs is 1. The first-order chi connectivity index (χ1) is 26.1. The quantitative estimate of drug-likeness (QED) is 0.100. The van der Waals surface area contributed by atoms with Crippen LogP contribution in [-0.4, -0.2) is 60.7 Å². The van der Waals surface area contributed by atoms with E-state index < -0.39 is 17.5 Å². The van der Waals surface area contributed by atoms with Crippen LogP contribution in [0.2, 0.25) is 0 Å². The highest BCUT2D eigenvalue weighted by atomic mass is 16.6. The Morgan fingerprint density at radius 3 is 2.25 bits per heavy atom. The van der Waals surface area contributed by atoms with Gasteiger partial charge in [-0.05, 0) is 98.7 Å². The number of amides is 2. The van der Waals surface area contributed by atoms with E-state index >= 15 is 0 Å². The minimum absolute atomic E-state index is 0.0197. The SMILES string of the molecule is CCOc1ccc(-c2ccc(C(=O)NCC(C)(C)C)cc2C(=O)OC(C)(C)C)c(C(=O)Nc2ccc3c(NCc4ccc(OC)cc4OC)nccc3c2)n1. The number of aromatic nitrogens is 2. The van der Waals surface area contributed by atoms with Crippen LogP contribution in [0.5, 0.6) is 17.4 Å². The largest absolute Gasteiger partial charge is 0.497 e. The minimum Gasteiger partial charge on any atom is -0.497 e. The molecule has 5 aromatic rings. The summed E-state index contributed by atoms with van der Waals surface area (Å²) in [6, 6.07) is 21.1. The zero-order chi connectivity index (χ0) is 39.9. The fourth-order valence-electron chi connectivity index (χ4n) is 5.69. The van der Waals surface area contributed by atoms with E-state index in [4.69, 9.17) is 18.9 Å². The lowest BCUT2D eigenvalue weighted by molar-refractivity contribution is 0.00702. The molecule has 3 N–H and O–H groups in total. The van der Waals surface area contributed by atoms with Crippen LogP contribution in [0.1, 0.15) is 85.2 Å². The number of hydrogen-bond acceptors (Lipinski definition) is 10. The molecule has 12 heteroatoms. The van der Waals surface area contributed by atoms with Gasteiger partial charge < -0.3 is 34.9 Å². The van der Waals surface area contributed by atoms with Crippen molar-refractivity contribution in [2.45, 2.75) is 60.6 Å². The number of carbonyl (C=O) groups is 3. The van der Waals surface area contributed by atoms with Gasteiger partial charge in [-0.2, -0.15) is 0 Å². The normalized spacial score (nSPS) is 11.4. The first-order valence-electron chi connectivity index (χ1n) is 18.0. The Bertz CT molecular complexity index is 2210. The highest BCUT2D eigenvalue weighted by Crippen LogP contribution is 2.33. The van der Waals surface area contributed by atoms with Crippen molar-refractivity contribution >= 4 is 40.1 Å². The van der Waals surface area contributed by atoms with Crippen molar-refractivity contribution in [3.8, 4) is 28.5 Å². The van der Waals surface area contributed by atoms with E-state index in [2.05, 4.69) is 25.9 Å². The van der Waals surface area contributed by atoms with E-state index in [1.807, 2.05) is 64.1 Å². The number of anilines is 2. The van der Waals surface area contributed by atoms with Crippen LogP contribution >= 0.6 is 0 Å². The number of nitrogens with zero attached hydrogens (tertiary/aromatic N) is 2. The Morgan fingerprint density at radius 2 is 1.56 bits per heavy atom. The van der Waals surface area contributed by atoms with Crippen LogP contribution in [0.4, 0.5) is 11.5 Å². The summed E-state index contributed by atoms with van der Waals surface area (Å²) in [6.45, 7) is 14.4. The number of ether oxygens (including phenoxy) is 4. The summed E-state index contributed by atoms with van der Waals surface area (Å²) in [5.41, 5.74) is 1.62. The van der Waals surface area contributed by atoms with Gasteiger partial charge in [-0.1, -0.05) is 26.8 Å². The van der Waals surface area contributed by atoms with Crippen molar-refractivity contribution in [1.82, 2.24) is 15.3 Å². The van der Waals surface area contributed by atoms with Crippen LogP contribution in [0.15, 0.2) is 79.0 Å². The minimum atomic E-state index is -0.820. The van der Waals surface area contributed by atoms with E-state index in [0.717, 1.165) is 16.3 Å². The average Bonchev–Trinajstić information content (AvgIpc) is 3.14. The first kappa shape index (κ1) is 40.0. The van der Waals surface area contributed by atoms with Crippen LogP contribution < -0.4 is 30.2 Å². The molecule has 2 aromatic heterocycles. The van der Waals surface area contributed by atoms with Gasteiger partial charge in [0.15, 0.2) is 0 Å². The lowest BCUT2D eigenvalue weighted by Gasteiger charge is -2.22. The molecule has 0 aliphatic carbocycles. The molecule has 0 fully saturated rings. The van der Waals surface area contributed by atoms with Crippen molar-refractivity contribution in [3.05, 3.63) is 101 Å². The summed E-state index contributed by atoms with van der Waals surface area (Å²) < 4.78 is 22.3. The third-order valence-electron chi connectivity index (χ3n) is 8.31. The molecule has 55 heavy (non-hydrogen) atoms. The van der Waals surface area contributed by atoms with E-state index in [0.29, 0.717) is 53.8 Å². The zero-order valence-corrected chi connectivity index (χ0v) is 32.9. The molecule has 2 amide bonds. The van der Waals surface area contributed by atoms with Gasteiger partial charge in [-0.25, -0.2) is 14.8 Å². The molecular weight excluding hydrogens is 699 g/mol. The maximum Gasteiger partial charge on any atom is 0.339 e. The molecule has 0 atom stereocenters. The predicted molar refractivity (Wildman–Crippen MR) is 214 cm³/mol. The van der Waals surface area contributed by atoms with Crippen LogP contribution in [0.3, 0.4) is 0 Å². The monoisotopic (exact) mass is 747 g/mol. The standard InChI is InChI=1S/C43H49N5O7/c1-10-54-36-18-17-33(32-15-12-27(39(49)46-25-42(2,3)4)22-34(32)41(51)55-43(5,6)7)37(48-36)40(50)47-29-13-16-31-26(21-29)19-20-44-38(31)45-24-28-11-14-30(52-8)23-35(28)53-9/h11-23H,10,24-25H2,1-9H3,(H,44,45)(H,46,49)(H,47,50). The summed E-state index contributed by atoms with van der Waals surface area (Å²) in [6.07, 6.45) is 1.69. The number of hydrogen-bond donors (Lipinski definition) is 3. The Balaban J connectivity index is 1.48. The number of carbonyl (C=O) groups excluding carboxylic acids is 3. The van der Waals surface area contributed by atoms with Crippen LogP contribution in [0, 0.1) is 5.41 Å². The molecule has 0 spiro atoms. The number of methoxy groups -OCH3 is 2. The number of rotatable bonds is 13. The molecule has 5 rings (SSSR count). The smallest absolute Gasteiger partial charge is 0.339 e. The zero-order valence-electron chi connectivity index (χ0n) is 32.9. The van der Waals surface area contributed by atoms with E-state index in [9.17, 15) is 14.4 Å². The second-order valence-corrected chi connectivity index (χ2v) is 15.1. The third-order valence-corrected chi connectivity index (χ3v) is 8.31. The molecule has 0 unspecified atom stereocenters. The number of pyridine rings is 2. The topological polar surface area (TPSA) is 150 Å². The van der Waals surface area contributed by atoms with Gasteiger partial charge in [0.1, 0.15) is 28.6 Å². The van der Waals surface area contributed by atoms with Crippen molar-refractivity contribution in [3.63, 3.8) is 0 Å². The first-order valence-corrected chi connectivity index (χ1v) is 18.0. The van der Waals surface area contributed by atoms with E-state index in [1.165, 1.54) is 6.07 Å². The fourth-order valence-corrected chi connectivity index (χ4v) is 5.69. The molecule has 12 nitrogen and oxygen atoms in total. The molecule has 0 radical (unpaired) electrons. The predicted octanol–water partition coefficient (Wildman–Crippen LogP) is 8.31. The maximum absolute atomic E-state index is 14.1. The lowest BCUT2D eigenvalue weighted by atomic mass is 9.94. The summed E-state index contributed by atoms with van der Waals surface area (Å²) in [7, 11) is 3.22. The molecule has 288 valence electrons. The van der Waals surface area contributed by atoms with E-state index in [-0.39, 0.29) is 34.0 Å². The van der Waals surface area contributed by atoms with Crippen molar-refractivity contribution < 1.29 is 33.3 Å². The molecule has 2 heterocycles. The number of esters is 1. The number of nitrogens with one attached hydrogen (secondary N) is 3. The summed E-state index contributed by atoms with van der Waals surface area (Å²) in [5, 5.41) is 11.0. The van der Waals surface area contributed by atoms with Crippen molar-refractivity contribution in [2.75, 3.05) is 38.0 Å². The maximum atomic E-state index is 14.1. The van der Waals surface area contributed by atoms with Crippen molar-refractivity contribution in [1.29, 1.82) is 0 Å². The summed E-state index contributed by atoms with van der Waals surface area (Å²) in [5.74, 6) is 0.772. The Kier molecular flexibility index (Phi) is 12.3. The van der Waals surface area contributed by atoms with Gasteiger partial charge in [-0.3, -0.25) is 9.59 Å². The number of benzene rings is 3. The van der Waals surface area contributed by atoms with Gasteiger partial charge in [0.25, 0.3) is 11.8 Å². The van der Waals surface area contributed by atoms with Gasteiger partial charge >= 0.3 is 5.97 Å². The second-order valence-electron chi connectivity index (χ2n) is 15.1. The Morgan fingerprint density at radius 1 is 0.800 bits per heavy atom. The van der Waals surface area contributed by atoms with Gasteiger partial charge in [0, 0.05) is 59.2 Å². The second kappa shape index (κ2) is 16.9. The van der Waals surface area contributed by atoms with Crippen LogP contribution in [-0.2, 0) is 11.3 Å². The fraction of sp³-hybridized carbons (Fsp3) is 0.326. The molecule has 0 saturated heterocycles. The molecule has 0 saturated carbocycles.